The van der Waals surface area contributed by atoms with Gasteiger partial charge in [-0.2, -0.15) is 10.2 Å². The molecular weight excluding hydrogens is 255 g/mol. The Morgan fingerprint density at radius 2 is 1.55 bits per heavy atom. The lowest BCUT2D eigenvalue weighted by atomic mass is 10.2. The number of benzene rings is 2. The third-order valence-corrected chi connectivity index (χ3v) is 2.73. The second-order valence-electron chi connectivity index (χ2n) is 4.29. The lowest BCUT2D eigenvalue weighted by Gasteiger charge is -2.00. The first kappa shape index (κ1) is 13.9. The molecule has 0 saturated heterocycles. The van der Waals surface area contributed by atoms with E-state index in [4.69, 9.17) is 4.74 Å². The van der Waals surface area contributed by atoms with Gasteiger partial charge in [-0.15, -0.1) is 0 Å². The van der Waals surface area contributed by atoms with Crippen LogP contribution in [0.2, 0.25) is 0 Å². The molecule has 0 aromatic heterocycles. The molecule has 20 heavy (non-hydrogen) atoms. The number of ether oxygens (including phenoxy) is 1. The van der Waals surface area contributed by atoms with E-state index in [1.54, 1.807) is 18.3 Å². The van der Waals surface area contributed by atoms with Crippen molar-refractivity contribution in [3.63, 3.8) is 0 Å². The number of halogens is 1. The molecule has 0 heterocycles. The summed E-state index contributed by atoms with van der Waals surface area (Å²) in [6.07, 6.45) is 3.14. The van der Waals surface area contributed by atoms with Gasteiger partial charge in [-0.25, -0.2) is 4.39 Å². The Bertz CT molecular complexity index is 633. The number of hydrogen-bond acceptors (Lipinski definition) is 3. The van der Waals surface area contributed by atoms with Crippen molar-refractivity contribution in [2.75, 3.05) is 7.11 Å². The van der Waals surface area contributed by atoms with Crippen LogP contribution in [0.4, 0.5) is 4.39 Å². The molecule has 0 N–H and O–H groups in total. The SMILES string of the molecule is COc1ccc(/C=N/N=C/c2ccc(C)cc2)cc1F. The lowest BCUT2D eigenvalue weighted by Crippen LogP contribution is -1.90. The molecule has 0 saturated carbocycles. The molecule has 0 amide bonds. The largest absolute Gasteiger partial charge is 0.494 e. The predicted octanol–water partition coefficient (Wildman–Crippen LogP) is 3.60. The van der Waals surface area contributed by atoms with Crippen molar-refractivity contribution in [3.05, 3.63) is 65.0 Å². The van der Waals surface area contributed by atoms with E-state index in [9.17, 15) is 4.39 Å². The minimum absolute atomic E-state index is 0.213. The van der Waals surface area contributed by atoms with Gasteiger partial charge in [0.25, 0.3) is 0 Å². The van der Waals surface area contributed by atoms with Crippen LogP contribution in [0.3, 0.4) is 0 Å². The van der Waals surface area contributed by atoms with Gasteiger partial charge in [0.2, 0.25) is 0 Å². The highest BCUT2D eigenvalue weighted by Gasteiger charge is 2.01. The zero-order chi connectivity index (χ0) is 14.4. The molecule has 4 heteroatoms. The maximum absolute atomic E-state index is 13.4. The van der Waals surface area contributed by atoms with Gasteiger partial charge in [-0.1, -0.05) is 29.8 Å². The van der Waals surface area contributed by atoms with Crippen LogP contribution in [-0.2, 0) is 0 Å². The molecular formula is C16H15FN2O. The number of methoxy groups -OCH3 is 1. The highest BCUT2D eigenvalue weighted by molar-refractivity contribution is 5.82. The van der Waals surface area contributed by atoms with Gasteiger partial charge in [0.05, 0.1) is 19.5 Å². The fourth-order valence-corrected chi connectivity index (χ4v) is 1.62. The maximum atomic E-state index is 13.4. The minimum atomic E-state index is -0.418. The molecule has 0 fully saturated rings. The number of hydrogen-bond donors (Lipinski definition) is 0. The molecule has 0 bridgehead atoms. The van der Waals surface area contributed by atoms with Crippen LogP contribution in [0.15, 0.2) is 52.7 Å². The van der Waals surface area contributed by atoms with Crippen molar-refractivity contribution in [2.45, 2.75) is 6.92 Å². The topological polar surface area (TPSA) is 34.0 Å². The van der Waals surface area contributed by atoms with Gasteiger partial charge in [0.15, 0.2) is 11.6 Å². The van der Waals surface area contributed by atoms with E-state index in [1.165, 1.54) is 25.0 Å². The molecule has 0 unspecified atom stereocenters. The zero-order valence-corrected chi connectivity index (χ0v) is 11.4. The van der Waals surface area contributed by atoms with Crippen LogP contribution in [0.1, 0.15) is 16.7 Å². The van der Waals surface area contributed by atoms with E-state index in [1.807, 2.05) is 31.2 Å². The quantitative estimate of drug-likeness (QED) is 0.617. The van der Waals surface area contributed by atoms with Gasteiger partial charge < -0.3 is 4.74 Å². The molecule has 102 valence electrons. The summed E-state index contributed by atoms with van der Waals surface area (Å²) in [6.45, 7) is 2.03. The first-order chi connectivity index (χ1) is 9.69. The van der Waals surface area contributed by atoms with Crippen molar-refractivity contribution in [2.24, 2.45) is 10.2 Å². The average Bonchev–Trinajstić information content (AvgIpc) is 2.46. The van der Waals surface area contributed by atoms with Crippen LogP contribution < -0.4 is 4.74 Å². The second kappa shape index (κ2) is 6.61. The summed E-state index contributed by atoms with van der Waals surface area (Å²) < 4.78 is 18.3. The first-order valence-electron chi connectivity index (χ1n) is 6.15. The van der Waals surface area contributed by atoms with E-state index in [0.717, 1.165) is 5.56 Å². The summed E-state index contributed by atoms with van der Waals surface area (Å²) in [5.41, 5.74) is 2.79. The standard InChI is InChI=1S/C16H15FN2O/c1-12-3-5-13(6-4-12)10-18-19-11-14-7-8-16(20-2)15(17)9-14/h3-11H,1-2H3/b18-10+,19-11+. The summed E-state index contributed by atoms with van der Waals surface area (Å²) in [6, 6.07) is 12.5. The zero-order valence-electron chi connectivity index (χ0n) is 11.4. The van der Waals surface area contributed by atoms with Gasteiger partial charge in [-0.3, -0.25) is 0 Å². The monoisotopic (exact) mass is 270 g/mol. The minimum Gasteiger partial charge on any atom is -0.494 e. The Hall–Kier alpha value is -2.49. The molecule has 2 aromatic rings. The van der Waals surface area contributed by atoms with Gasteiger partial charge in [-0.05, 0) is 36.2 Å². The van der Waals surface area contributed by atoms with Crippen molar-refractivity contribution < 1.29 is 9.13 Å². The molecule has 0 radical (unpaired) electrons. The van der Waals surface area contributed by atoms with Crippen molar-refractivity contribution in [3.8, 4) is 5.75 Å². The predicted molar refractivity (Wildman–Crippen MR) is 79.3 cm³/mol. The van der Waals surface area contributed by atoms with E-state index in [-0.39, 0.29) is 5.75 Å². The van der Waals surface area contributed by atoms with Gasteiger partial charge >= 0.3 is 0 Å². The van der Waals surface area contributed by atoms with E-state index in [0.29, 0.717) is 5.56 Å². The van der Waals surface area contributed by atoms with Crippen molar-refractivity contribution in [1.82, 2.24) is 0 Å². The fourth-order valence-electron chi connectivity index (χ4n) is 1.62. The van der Waals surface area contributed by atoms with Crippen LogP contribution in [0.25, 0.3) is 0 Å². The normalized spacial score (nSPS) is 11.3. The lowest BCUT2D eigenvalue weighted by molar-refractivity contribution is 0.386. The van der Waals surface area contributed by atoms with E-state index in [2.05, 4.69) is 10.2 Å². The van der Waals surface area contributed by atoms with Gasteiger partial charge in [0.1, 0.15) is 0 Å². The fraction of sp³-hybridized carbons (Fsp3) is 0.125. The average molecular weight is 270 g/mol. The molecule has 2 rings (SSSR count). The van der Waals surface area contributed by atoms with Crippen LogP contribution in [0, 0.1) is 12.7 Å². The molecule has 0 aliphatic carbocycles. The Labute approximate surface area is 117 Å². The van der Waals surface area contributed by atoms with Gasteiger partial charge in [0, 0.05) is 0 Å². The number of aryl methyl sites for hydroxylation is 1. The first-order valence-corrected chi connectivity index (χ1v) is 6.15. The summed E-state index contributed by atoms with van der Waals surface area (Å²) in [4.78, 5) is 0. The summed E-state index contributed by atoms with van der Waals surface area (Å²) in [7, 11) is 1.43. The smallest absolute Gasteiger partial charge is 0.165 e. The van der Waals surface area contributed by atoms with Crippen molar-refractivity contribution in [1.29, 1.82) is 0 Å². The highest BCUT2D eigenvalue weighted by Crippen LogP contribution is 2.16. The highest BCUT2D eigenvalue weighted by atomic mass is 19.1. The summed E-state index contributed by atoms with van der Waals surface area (Å²) >= 11 is 0. The Morgan fingerprint density at radius 3 is 2.15 bits per heavy atom. The third kappa shape index (κ3) is 3.75. The molecule has 3 nitrogen and oxygen atoms in total. The van der Waals surface area contributed by atoms with Crippen molar-refractivity contribution >= 4 is 12.4 Å². The van der Waals surface area contributed by atoms with E-state index >= 15 is 0 Å². The Kier molecular flexibility index (Phi) is 4.60. The Morgan fingerprint density at radius 1 is 0.950 bits per heavy atom. The number of nitrogens with zero attached hydrogens (tertiary/aromatic N) is 2. The maximum Gasteiger partial charge on any atom is 0.165 e. The van der Waals surface area contributed by atoms with E-state index < -0.39 is 5.82 Å². The molecule has 0 aliphatic heterocycles. The Balaban J connectivity index is 2.02. The number of rotatable bonds is 4. The summed E-state index contributed by atoms with van der Waals surface area (Å²) in [5, 5.41) is 7.82. The van der Waals surface area contributed by atoms with Crippen LogP contribution in [-0.4, -0.2) is 19.5 Å². The molecule has 2 aromatic carbocycles. The van der Waals surface area contributed by atoms with Crippen LogP contribution >= 0.6 is 0 Å². The molecule has 0 atom stereocenters. The molecule has 0 aliphatic rings. The third-order valence-electron chi connectivity index (χ3n) is 2.73. The van der Waals surface area contributed by atoms with Crippen LogP contribution in [0.5, 0.6) is 5.75 Å². The molecule has 0 spiro atoms. The summed E-state index contributed by atoms with van der Waals surface area (Å²) in [5.74, 6) is -0.204. The second-order valence-corrected chi connectivity index (χ2v) is 4.29.